The summed E-state index contributed by atoms with van der Waals surface area (Å²) in [5.74, 6) is 0.181. The fourth-order valence-electron chi connectivity index (χ4n) is 3.05. The average Bonchev–Trinajstić information content (AvgIpc) is 2.65. The molecular weight excluding hydrogens is 402 g/mol. The van der Waals surface area contributed by atoms with Crippen LogP contribution in [0.5, 0.6) is 0 Å². The molecule has 2 heterocycles. The second-order valence-electron chi connectivity index (χ2n) is 8.49. The lowest BCUT2D eigenvalue weighted by Crippen LogP contribution is -2.43. The summed E-state index contributed by atoms with van der Waals surface area (Å²) >= 11 is 5.87. The third-order valence-electron chi connectivity index (χ3n) is 4.75. The molecule has 0 saturated heterocycles. The molecule has 30 heavy (non-hydrogen) atoms. The standard InChI is InChI=1S/C22H26ClN5O2/c1-14(2)28-20(29)26-19(25-17-9-7-16(8-10-17)22(3,4)5)27(21(28)30)13-15-6-11-18(23)24-12-15/h6-12,14H,13H2,1-5H3,(H,25,26,29). The van der Waals surface area contributed by atoms with Gasteiger partial charge in [-0.05, 0) is 48.6 Å². The fraction of sp³-hybridized carbons (Fsp3) is 0.364. The molecule has 3 rings (SSSR count). The Balaban J connectivity index is 2.05. The Labute approximate surface area is 180 Å². The normalized spacial score (nSPS) is 11.7. The molecule has 0 aliphatic heterocycles. The molecule has 0 radical (unpaired) electrons. The van der Waals surface area contributed by atoms with Gasteiger partial charge in [-0.15, -0.1) is 0 Å². The lowest BCUT2D eigenvalue weighted by atomic mass is 9.87. The van der Waals surface area contributed by atoms with E-state index in [0.717, 1.165) is 15.8 Å². The third-order valence-corrected chi connectivity index (χ3v) is 4.98. The third kappa shape index (κ3) is 4.79. The van der Waals surface area contributed by atoms with Crippen molar-refractivity contribution in [2.45, 2.75) is 52.6 Å². The lowest BCUT2D eigenvalue weighted by Gasteiger charge is -2.20. The van der Waals surface area contributed by atoms with Crippen LogP contribution in [-0.2, 0) is 12.0 Å². The summed E-state index contributed by atoms with van der Waals surface area (Å²) in [4.78, 5) is 33.8. The van der Waals surface area contributed by atoms with Crippen molar-refractivity contribution in [2.24, 2.45) is 0 Å². The predicted octanol–water partition coefficient (Wildman–Crippen LogP) is 4.12. The van der Waals surface area contributed by atoms with Crippen molar-refractivity contribution in [3.8, 4) is 0 Å². The molecule has 0 saturated carbocycles. The Kier molecular flexibility index (Phi) is 6.12. The van der Waals surface area contributed by atoms with Gasteiger partial charge < -0.3 is 5.32 Å². The molecule has 0 atom stereocenters. The number of nitrogens with zero attached hydrogens (tertiary/aromatic N) is 4. The largest absolute Gasteiger partial charge is 0.355 e. The Hall–Kier alpha value is -2.93. The number of rotatable bonds is 5. The van der Waals surface area contributed by atoms with Crippen LogP contribution in [0.15, 0.2) is 52.2 Å². The molecule has 1 aromatic carbocycles. The van der Waals surface area contributed by atoms with E-state index in [1.807, 2.05) is 24.3 Å². The molecule has 0 fully saturated rings. The van der Waals surface area contributed by atoms with Crippen molar-refractivity contribution in [1.82, 2.24) is 19.1 Å². The highest BCUT2D eigenvalue weighted by Crippen LogP contribution is 2.24. The van der Waals surface area contributed by atoms with E-state index < -0.39 is 11.4 Å². The van der Waals surface area contributed by atoms with E-state index in [1.54, 1.807) is 32.2 Å². The predicted molar refractivity (Wildman–Crippen MR) is 120 cm³/mol. The molecule has 158 valence electrons. The number of hydrogen-bond acceptors (Lipinski definition) is 5. The van der Waals surface area contributed by atoms with E-state index >= 15 is 0 Å². The molecule has 0 unspecified atom stereocenters. The maximum absolute atomic E-state index is 13.1. The van der Waals surface area contributed by atoms with Crippen LogP contribution >= 0.6 is 11.6 Å². The van der Waals surface area contributed by atoms with Gasteiger partial charge in [-0.2, -0.15) is 4.98 Å². The molecule has 0 bridgehead atoms. The Bertz CT molecular complexity index is 1140. The second-order valence-corrected chi connectivity index (χ2v) is 8.88. The highest BCUT2D eigenvalue weighted by Gasteiger charge is 2.17. The number of aromatic nitrogens is 4. The summed E-state index contributed by atoms with van der Waals surface area (Å²) in [5, 5.41) is 3.49. The summed E-state index contributed by atoms with van der Waals surface area (Å²) in [5.41, 5.74) is 1.69. The number of nitrogens with one attached hydrogen (secondary N) is 1. The van der Waals surface area contributed by atoms with Gasteiger partial charge in [-0.3, -0.25) is 4.57 Å². The van der Waals surface area contributed by atoms with Crippen molar-refractivity contribution in [2.75, 3.05) is 5.32 Å². The Morgan fingerprint density at radius 3 is 2.27 bits per heavy atom. The topological polar surface area (TPSA) is 81.8 Å². The first-order valence-corrected chi connectivity index (χ1v) is 10.2. The van der Waals surface area contributed by atoms with Gasteiger partial charge in [-0.1, -0.05) is 50.6 Å². The van der Waals surface area contributed by atoms with Gasteiger partial charge in [0.15, 0.2) is 0 Å². The van der Waals surface area contributed by atoms with Gasteiger partial charge in [0.25, 0.3) is 0 Å². The van der Waals surface area contributed by atoms with Crippen molar-refractivity contribution in [1.29, 1.82) is 0 Å². The van der Waals surface area contributed by atoms with Crippen LogP contribution in [0.3, 0.4) is 0 Å². The van der Waals surface area contributed by atoms with Gasteiger partial charge in [0, 0.05) is 17.9 Å². The van der Waals surface area contributed by atoms with E-state index in [2.05, 4.69) is 36.1 Å². The zero-order valence-corrected chi connectivity index (χ0v) is 18.6. The van der Waals surface area contributed by atoms with Gasteiger partial charge in [-0.25, -0.2) is 19.1 Å². The smallest absolute Gasteiger partial charge is 0.325 e. The molecular formula is C22H26ClN5O2. The summed E-state index contributed by atoms with van der Waals surface area (Å²) < 4.78 is 2.57. The second kappa shape index (κ2) is 8.44. The minimum absolute atomic E-state index is 0.0260. The molecule has 0 aliphatic rings. The molecule has 0 aliphatic carbocycles. The summed E-state index contributed by atoms with van der Waals surface area (Å²) in [6, 6.07) is 11.0. The van der Waals surface area contributed by atoms with Crippen molar-refractivity contribution >= 4 is 23.2 Å². The van der Waals surface area contributed by atoms with Crippen LogP contribution < -0.4 is 16.7 Å². The van der Waals surface area contributed by atoms with Crippen LogP contribution in [0.1, 0.15) is 51.8 Å². The molecule has 1 N–H and O–H groups in total. The average molecular weight is 428 g/mol. The van der Waals surface area contributed by atoms with Gasteiger partial charge >= 0.3 is 11.4 Å². The van der Waals surface area contributed by atoms with Crippen LogP contribution in [0, 0.1) is 0 Å². The highest BCUT2D eigenvalue weighted by atomic mass is 35.5. The minimum atomic E-state index is -0.589. The van der Waals surface area contributed by atoms with Crippen molar-refractivity contribution in [3.63, 3.8) is 0 Å². The van der Waals surface area contributed by atoms with Gasteiger partial charge in [0.05, 0.1) is 6.54 Å². The molecule has 3 aromatic rings. The van der Waals surface area contributed by atoms with Crippen LogP contribution in [-0.4, -0.2) is 19.1 Å². The number of hydrogen-bond donors (Lipinski definition) is 1. The SMILES string of the molecule is CC(C)n1c(=O)nc(Nc2ccc(C(C)(C)C)cc2)n(Cc2ccc(Cl)nc2)c1=O. The van der Waals surface area contributed by atoms with E-state index in [9.17, 15) is 9.59 Å². The Morgan fingerprint density at radius 2 is 1.73 bits per heavy atom. The first-order chi connectivity index (χ1) is 14.1. The summed E-state index contributed by atoms with van der Waals surface area (Å²) in [6.07, 6.45) is 1.60. The van der Waals surface area contributed by atoms with Gasteiger partial charge in [0.2, 0.25) is 5.95 Å². The molecule has 8 heteroatoms. The maximum Gasteiger partial charge on any atom is 0.355 e. The summed E-state index contributed by atoms with van der Waals surface area (Å²) in [7, 11) is 0. The number of pyridine rings is 1. The van der Waals surface area contributed by atoms with Crippen molar-refractivity contribution < 1.29 is 0 Å². The zero-order chi connectivity index (χ0) is 22.1. The van der Waals surface area contributed by atoms with E-state index in [4.69, 9.17) is 11.6 Å². The summed E-state index contributed by atoms with van der Waals surface area (Å²) in [6.45, 7) is 10.2. The Morgan fingerprint density at radius 1 is 1.07 bits per heavy atom. The minimum Gasteiger partial charge on any atom is -0.325 e. The van der Waals surface area contributed by atoms with Crippen LogP contribution in [0.4, 0.5) is 11.6 Å². The molecule has 7 nitrogen and oxygen atoms in total. The number of benzene rings is 1. The number of halogens is 1. The first-order valence-electron chi connectivity index (χ1n) is 9.77. The van der Waals surface area contributed by atoms with Crippen molar-refractivity contribution in [3.05, 3.63) is 79.8 Å². The quantitative estimate of drug-likeness (QED) is 0.619. The van der Waals surface area contributed by atoms with E-state index in [0.29, 0.717) is 5.15 Å². The van der Waals surface area contributed by atoms with E-state index in [1.165, 1.54) is 10.1 Å². The lowest BCUT2D eigenvalue weighted by molar-refractivity contribution is 0.497. The monoisotopic (exact) mass is 427 g/mol. The molecule has 0 spiro atoms. The maximum atomic E-state index is 13.1. The highest BCUT2D eigenvalue weighted by molar-refractivity contribution is 6.29. The zero-order valence-electron chi connectivity index (χ0n) is 17.8. The van der Waals surface area contributed by atoms with E-state index in [-0.39, 0.29) is 23.9 Å². The van der Waals surface area contributed by atoms with Gasteiger partial charge in [0.1, 0.15) is 5.15 Å². The first kappa shape index (κ1) is 21.8. The molecule has 2 aromatic heterocycles. The molecule has 0 amide bonds. The van der Waals surface area contributed by atoms with Crippen LogP contribution in [0.2, 0.25) is 5.15 Å². The fourth-order valence-corrected chi connectivity index (χ4v) is 3.16. The number of anilines is 2. The van der Waals surface area contributed by atoms with Crippen LogP contribution in [0.25, 0.3) is 0 Å².